The van der Waals surface area contributed by atoms with Crippen molar-refractivity contribution in [3.63, 3.8) is 0 Å². The minimum Gasteiger partial charge on any atom is -0.411 e. The summed E-state index contributed by atoms with van der Waals surface area (Å²) in [5.74, 6) is -0.375. The van der Waals surface area contributed by atoms with Crippen LogP contribution >= 0.6 is 0 Å². The van der Waals surface area contributed by atoms with Crippen LogP contribution in [0.4, 0.5) is 0 Å². The number of β-lactam (4-membered cyclic amide) rings is 1. The molecule has 0 aromatic heterocycles. The molecule has 1 N–H and O–H groups in total. The number of fused-ring (bicyclic) bond motifs is 1. The molecule has 4 atom stereocenters. The van der Waals surface area contributed by atoms with Gasteiger partial charge in [0.2, 0.25) is 14.9 Å². The zero-order valence-electron chi connectivity index (χ0n) is 18.5. The highest BCUT2D eigenvalue weighted by Crippen LogP contribution is 2.49. The minimum absolute atomic E-state index is 0.00939. The number of carbonyl (C=O) groups is 2. The minimum atomic E-state index is -1.02. The molecule has 1 heterocycles. The van der Waals surface area contributed by atoms with Crippen molar-refractivity contribution >= 4 is 20.7 Å². The van der Waals surface area contributed by atoms with Crippen LogP contribution in [-0.2, 0) is 14.6 Å². The fraction of sp³-hybridized carbons (Fsp3) is 0.652. The van der Waals surface area contributed by atoms with Crippen molar-refractivity contribution in [1.29, 1.82) is 0 Å². The van der Waals surface area contributed by atoms with Crippen LogP contribution in [0.15, 0.2) is 24.3 Å². The van der Waals surface area contributed by atoms with Crippen LogP contribution in [0.1, 0.15) is 63.9 Å². The quantitative estimate of drug-likeness (QED) is 0.604. The third-order valence-corrected chi connectivity index (χ3v) is 7.70. The Morgan fingerprint density at radius 1 is 1.11 bits per heavy atom. The molecule has 1 radical (unpaired) electrons. The third kappa shape index (κ3) is 3.26. The first-order valence-corrected chi connectivity index (χ1v) is 12.6. The molecule has 1 aromatic carbocycles. The van der Waals surface area contributed by atoms with Gasteiger partial charge in [-0.15, -0.1) is 0 Å². The Morgan fingerprint density at radius 2 is 1.71 bits per heavy atom. The lowest BCUT2D eigenvalue weighted by molar-refractivity contribution is -0.162. The maximum absolute atomic E-state index is 13.4. The van der Waals surface area contributed by atoms with Gasteiger partial charge in [-0.25, -0.2) is 0 Å². The zero-order chi connectivity index (χ0) is 21.1. The molecule has 1 aliphatic heterocycles. The first-order chi connectivity index (χ1) is 12.8. The van der Waals surface area contributed by atoms with Gasteiger partial charge in [0.1, 0.15) is 0 Å². The Hall–Kier alpha value is -1.46. The molecule has 1 amide bonds. The van der Waals surface area contributed by atoms with Crippen LogP contribution in [0.3, 0.4) is 0 Å². The highest BCUT2D eigenvalue weighted by molar-refractivity contribution is 6.48. The molecule has 4 nitrogen and oxygen atoms in total. The molecular weight excluding hydrogens is 366 g/mol. The largest absolute Gasteiger partial charge is 0.411 e. The summed E-state index contributed by atoms with van der Waals surface area (Å²) in [6.07, 6.45) is 0.737. The fourth-order valence-corrected chi connectivity index (χ4v) is 6.25. The summed E-state index contributed by atoms with van der Waals surface area (Å²) < 4.78 is 6.48. The predicted octanol–water partition coefficient (Wildman–Crippen LogP) is 4.35. The standard InChI is InChI=1S/C23H34NO3Si/c1-21(2,3)23(6,27-28(7)8)17-18(24-20(17)26)15-13-22(4,5)16-12-10-9-11-14(16)19(15)25/h9-12,15,17-18H,13H2,1-8H3,(H,24,26)/t15?,17-,18-,23-/m1/s1. The molecule has 5 heteroatoms. The molecule has 1 unspecified atom stereocenters. The molecule has 1 saturated heterocycles. The van der Waals surface area contributed by atoms with Gasteiger partial charge in [-0.05, 0) is 42.8 Å². The van der Waals surface area contributed by atoms with Gasteiger partial charge in [-0.2, -0.15) is 0 Å². The number of amides is 1. The van der Waals surface area contributed by atoms with Gasteiger partial charge in [0, 0.05) is 11.5 Å². The van der Waals surface area contributed by atoms with E-state index in [-0.39, 0.29) is 40.4 Å². The number of carbonyl (C=O) groups excluding carboxylic acids is 2. The van der Waals surface area contributed by atoms with Crippen LogP contribution < -0.4 is 5.32 Å². The van der Waals surface area contributed by atoms with Crippen LogP contribution in [-0.4, -0.2) is 32.4 Å². The van der Waals surface area contributed by atoms with Gasteiger partial charge in [-0.1, -0.05) is 58.9 Å². The SMILES string of the molecule is C[Si](C)O[C@](C)([C@H]1C(=O)N[C@@H]1C1CC(C)(C)c2ccccc2C1=O)C(C)(C)C. The second-order valence-corrected chi connectivity index (χ2v) is 12.5. The third-order valence-electron chi connectivity index (χ3n) is 6.87. The van der Waals surface area contributed by atoms with Crippen molar-refractivity contribution in [2.45, 2.75) is 78.1 Å². The number of hydrogen-bond donors (Lipinski definition) is 1. The second-order valence-electron chi connectivity index (χ2n) is 10.5. The van der Waals surface area contributed by atoms with Crippen LogP contribution in [0.25, 0.3) is 0 Å². The summed E-state index contributed by atoms with van der Waals surface area (Å²) in [6, 6.07) is 7.74. The number of Topliss-reactive ketones (excluding diaryl/α,β-unsaturated/α-hetero) is 1. The van der Waals surface area contributed by atoms with Crippen LogP contribution in [0, 0.1) is 17.3 Å². The molecule has 1 aromatic rings. The topological polar surface area (TPSA) is 55.4 Å². The van der Waals surface area contributed by atoms with Gasteiger partial charge in [0.25, 0.3) is 0 Å². The van der Waals surface area contributed by atoms with Crippen molar-refractivity contribution in [3.8, 4) is 0 Å². The Balaban J connectivity index is 2.00. The molecule has 153 valence electrons. The van der Waals surface area contributed by atoms with E-state index in [0.717, 1.165) is 17.5 Å². The summed E-state index contributed by atoms with van der Waals surface area (Å²) in [7, 11) is -1.02. The molecule has 0 saturated carbocycles. The van der Waals surface area contributed by atoms with E-state index in [9.17, 15) is 9.59 Å². The lowest BCUT2D eigenvalue weighted by atomic mass is 9.57. The summed E-state index contributed by atoms with van der Waals surface area (Å²) in [4.78, 5) is 26.2. The first kappa shape index (κ1) is 21.3. The highest BCUT2D eigenvalue weighted by Gasteiger charge is 2.61. The number of rotatable bonds is 4. The Bertz CT molecular complexity index is 795. The normalized spacial score (nSPS) is 29.0. The molecule has 2 aliphatic rings. The van der Waals surface area contributed by atoms with E-state index >= 15 is 0 Å². The average molecular weight is 401 g/mol. The highest BCUT2D eigenvalue weighted by atomic mass is 28.3. The van der Waals surface area contributed by atoms with E-state index in [1.807, 2.05) is 18.2 Å². The number of hydrogen-bond acceptors (Lipinski definition) is 3. The summed E-state index contributed by atoms with van der Waals surface area (Å²) >= 11 is 0. The van der Waals surface area contributed by atoms with E-state index < -0.39 is 14.6 Å². The van der Waals surface area contributed by atoms with Gasteiger partial charge in [0.05, 0.1) is 17.6 Å². The monoisotopic (exact) mass is 400 g/mol. The number of benzene rings is 1. The van der Waals surface area contributed by atoms with Gasteiger partial charge < -0.3 is 9.74 Å². The van der Waals surface area contributed by atoms with Crippen molar-refractivity contribution in [2.24, 2.45) is 17.3 Å². The maximum Gasteiger partial charge on any atom is 0.228 e. The molecular formula is C23H34NO3Si. The summed E-state index contributed by atoms with van der Waals surface area (Å²) in [5.41, 5.74) is 0.974. The molecule has 3 rings (SSSR count). The number of ketones is 1. The maximum atomic E-state index is 13.4. The van der Waals surface area contributed by atoms with E-state index in [1.165, 1.54) is 0 Å². The summed E-state index contributed by atoms with van der Waals surface area (Å²) in [6.45, 7) is 17.0. The van der Waals surface area contributed by atoms with Gasteiger partial charge >= 0.3 is 0 Å². The number of nitrogens with one attached hydrogen (secondary N) is 1. The van der Waals surface area contributed by atoms with Crippen molar-refractivity contribution in [1.82, 2.24) is 5.32 Å². The Labute approximate surface area is 171 Å². The molecule has 0 bridgehead atoms. The molecule has 28 heavy (non-hydrogen) atoms. The van der Waals surface area contributed by atoms with Gasteiger partial charge in [0.15, 0.2) is 5.78 Å². The van der Waals surface area contributed by atoms with E-state index in [1.54, 1.807) is 0 Å². The second kappa shape index (κ2) is 6.80. The van der Waals surface area contributed by atoms with E-state index in [4.69, 9.17) is 4.43 Å². The molecule has 0 spiro atoms. The predicted molar refractivity (Wildman–Crippen MR) is 114 cm³/mol. The van der Waals surface area contributed by atoms with Crippen LogP contribution in [0.2, 0.25) is 13.1 Å². The van der Waals surface area contributed by atoms with Crippen molar-refractivity contribution in [3.05, 3.63) is 35.4 Å². The van der Waals surface area contributed by atoms with E-state index in [2.05, 4.69) is 66.0 Å². The Kier molecular flexibility index (Phi) is 5.16. The summed E-state index contributed by atoms with van der Waals surface area (Å²) in [5, 5.41) is 3.08. The smallest absolute Gasteiger partial charge is 0.228 e. The van der Waals surface area contributed by atoms with Crippen LogP contribution in [0.5, 0.6) is 0 Å². The molecule has 1 aliphatic carbocycles. The Morgan fingerprint density at radius 3 is 2.25 bits per heavy atom. The average Bonchev–Trinajstić information content (AvgIpc) is 2.54. The molecule has 1 fully saturated rings. The lowest BCUT2D eigenvalue weighted by Gasteiger charge is -2.56. The van der Waals surface area contributed by atoms with Crippen molar-refractivity contribution in [2.75, 3.05) is 0 Å². The fourth-order valence-electron chi connectivity index (χ4n) is 4.97. The van der Waals surface area contributed by atoms with E-state index in [0.29, 0.717) is 0 Å². The van der Waals surface area contributed by atoms with Gasteiger partial charge in [-0.3, -0.25) is 9.59 Å². The van der Waals surface area contributed by atoms with Crippen molar-refractivity contribution < 1.29 is 14.0 Å². The zero-order valence-corrected chi connectivity index (χ0v) is 19.5. The first-order valence-electron chi connectivity index (χ1n) is 10.2. The lowest BCUT2D eigenvalue weighted by Crippen LogP contribution is -2.73.